The molecule has 1 heterocycles. The van der Waals surface area contributed by atoms with Crippen LogP contribution in [0.5, 0.6) is 11.5 Å². The number of rotatable bonds is 7. The van der Waals surface area contributed by atoms with Gasteiger partial charge in [0, 0.05) is 12.1 Å². The van der Waals surface area contributed by atoms with Gasteiger partial charge >= 0.3 is 0 Å². The molecule has 4 nitrogen and oxygen atoms in total. The molecular formula is C15H22N2O2. The van der Waals surface area contributed by atoms with Gasteiger partial charge in [-0.05, 0) is 31.5 Å². The first-order valence-electron chi connectivity index (χ1n) is 7.03. The fraction of sp³-hybridized carbons (Fsp3) is 0.533. The highest BCUT2D eigenvalue weighted by atomic mass is 16.5. The van der Waals surface area contributed by atoms with Crippen molar-refractivity contribution in [3.05, 3.63) is 23.8 Å². The molecule has 0 saturated carbocycles. The second kappa shape index (κ2) is 7.02. The predicted molar refractivity (Wildman–Crippen MR) is 77.4 cm³/mol. The van der Waals surface area contributed by atoms with Gasteiger partial charge in [-0.15, -0.1) is 0 Å². The van der Waals surface area contributed by atoms with E-state index < -0.39 is 0 Å². The molecule has 0 spiro atoms. The minimum Gasteiger partial charge on any atom is -0.490 e. The molecule has 0 bridgehead atoms. The SMILES string of the molecule is CCCCOc1ccc(C2=NCCN2)cc1OCC. The zero-order valence-electron chi connectivity index (χ0n) is 11.7. The number of hydrogen-bond donors (Lipinski definition) is 1. The first-order valence-corrected chi connectivity index (χ1v) is 7.03. The Morgan fingerprint density at radius 3 is 2.79 bits per heavy atom. The van der Waals surface area contributed by atoms with Crippen LogP contribution in [0.25, 0.3) is 0 Å². The minimum atomic E-state index is 0.632. The number of amidine groups is 1. The Morgan fingerprint density at radius 2 is 2.11 bits per heavy atom. The van der Waals surface area contributed by atoms with Crippen molar-refractivity contribution in [1.82, 2.24) is 5.32 Å². The van der Waals surface area contributed by atoms with E-state index in [1.807, 2.05) is 25.1 Å². The minimum absolute atomic E-state index is 0.632. The topological polar surface area (TPSA) is 42.8 Å². The zero-order valence-corrected chi connectivity index (χ0v) is 11.7. The molecule has 1 aromatic carbocycles. The predicted octanol–water partition coefficient (Wildman–Crippen LogP) is 2.61. The van der Waals surface area contributed by atoms with Crippen molar-refractivity contribution in [3.8, 4) is 11.5 Å². The summed E-state index contributed by atoms with van der Waals surface area (Å²) in [4.78, 5) is 4.42. The van der Waals surface area contributed by atoms with E-state index in [9.17, 15) is 0 Å². The number of benzene rings is 1. The Hall–Kier alpha value is -1.71. The highest BCUT2D eigenvalue weighted by Gasteiger charge is 2.12. The summed E-state index contributed by atoms with van der Waals surface area (Å²) in [6.07, 6.45) is 2.18. The molecule has 4 heteroatoms. The maximum absolute atomic E-state index is 5.76. The summed E-state index contributed by atoms with van der Waals surface area (Å²) >= 11 is 0. The van der Waals surface area contributed by atoms with E-state index in [1.165, 1.54) is 0 Å². The Balaban J connectivity index is 2.14. The van der Waals surface area contributed by atoms with Gasteiger partial charge in [0.1, 0.15) is 5.84 Å². The molecule has 1 aliphatic heterocycles. The number of aliphatic imine (C=N–C) groups is 1. The maximum Gasteiger partial charge on any atom is 0.161 e. The van der Waals surface area contributed by atoms with Crippen LogP contribution in [0.4, 0.5) is 0 Å². The van der Waals surface area contributed by atoms with E-state index in [1.54, 1.807) is 0 Å². The van der Waals surface area contributed by atoms with E-state index in [-0.39, 0.29) is 0 Å². The van der Waals surface area contributed by atoms with Crippen LogP contribution < -0.4 is 14.8 Å². The van der Waals surface area contributed by atoms with E-state index in [4.69, 9.17) is 9.47 Å². The van der Waals surface area contributed by atoms with Crippen LogP contribution in [0, 0.1) is 0 Å². The van der Waals surface area contributed by atoms with Crippen molar-refractivity contribution >= 4 is 5.84 Å². The summed E-state index contributed by atoms with van der Waals surface area (Å²) in [5.74, 6) is 2.56. The Morgan fingerprint density at radius 1 is 1.21 bits per heavy atom. The number of ether oxygens (including phenoxy) is 2. The van der Waals surface area contributed by atoms with Crippen molar-refractivity contribution in [2.45, 2.75) is 26.7 Å². The van der Waals surface area contributed by atoms with Crippen molar-refractivity contribution in [3.63, 3.8) is 0 Å². The van der Waals surface area contributed by atoms with Gasteiger partial charge in [-0.25, -0.2) is 0 Å². The van der Waals surface area contributed by atoms with Gasteiger partial charge in [0.25, 0.3) is 0 Å². The van der Waals surface area contributed by atoms with Gasteiger partial charge < -0.3 is 14.8 Å². The monoisotopic (exact) mass is 262 g/mol. The van der Waals surface area contributed by atoms with Crippen molar-refractivity contribution in [2.75, 3.05) is 26.3 Å². The van der Waals surface area contributed by atoms with Gasteiger partial charge in [-0.3, -0.25) is 4.99 Å². The van der Waals surface area contributed by atoms with Crippen molar-refractivity contribution < 1.29 is 9.47 Å². The molecule has 0 fully saturated rings. The van der Waals surface area contributed by atoms with Gasteiger partial charge in [0.2, 0.25) is 0 Å². The fourth-order valence-electron chi connectivity index (χ4n) is 1.96. The van der Waals surface area contributed by atoms with Gasteiger partial charge in [0.15, 0.2) is 11.5 Å². The van der Waals surface area contributed by atoms with Crippen LogP contribution in [0.2, 0.25) is 0 Å². The summed E-state index contributed by atoms with van der Waals surface area (Å²) in [7, 11) is 0. The number of nitrogens with one attached hydrogen (secondary N) is 1. The molecule has 0 saturated heterocycles. The third-order valence-corrected chi connectivity index (χ3v) is 2.95. The van der Waals surface area contributed by atoms with Crippen molar-refractivity contribution in [1.29, 1.82) is 0 Å². The molecule has 1 aliphatic rings. The lowest BCUT2D eigenvalue weighted by molar-refractivity contribution is 0.272. The van der Waals surface area contributed by atoms with E-state index in [0.29, 0.717) is 6.61 Å². The second-order valence-corrected chi connectivity index (χ2v) is 4.45. The average Bonchev–Trinajstić information content (AvgIpc) is 2.95. The van der Waals surface area contributed by atoms with Gasteiger partial charge in [0.05, 0.1) is 19.8 Å². The molecule has 1 N–H and O–H groups in total. The zero-order chi connectivity index (χ0) is 13.5. The number of nitrogens with zero attached hydrogens (tertiary/aromatic N) is 1. The molecule has 104 valence electrons. The molecule has 19 heavy (non-hydrogen) atoms. The lowest BCUT2D eigenvalue weighted by Crippen LogP contribution is -2.19. The third-order valence-electron chi connectivity index (χ3n) is 2.95. The molecular weight excluding hydrogens is 240 g/mol. The van der Waals surface area contributed by atoms with E-state index >= 15 is 0 Å². The molecule has 0 aliphatic carbocycles. The molecule has 0 unspecified atom stereocenters. The molecule has 0 radical (unpaired) electrons. The summed E-state index contributed by atoms with van der Waals surface area (Å²) < 4.78 is 11.4. The van der Waals surface area contributed by atoms with Crippen LogP contribution in [-0.2, 0) is 0 Å². The smallest absolute Gasteiger partial charge is 0.161 e. The molecule has 0 atom stereocenters. The normalized spacial score (nSPS) is 13.9. The molecule has 2 rings (SSSR count). The van der Waals surface area contributed by atoms with Crippen LogP contribution in [0.15, 0.2) is 23.2 Å². The Labute approximate surface area is 114 Å². The number of unbranched alkanes of at least 4 members (excludes halogenated alkanes) is 1. The number of hydrogen-bond acceptors (Lipinski definition) is 4. The van der Waals surface area contributed by atoms with Crippen LogP contribution in [0.1, 0.15) is 32.3 Å². The van der Waals surface area contributed by atoms with E-state index in [0.717, 1.165) is 55.4 Å². The third kappa shape index (κ3) is 3.63. The summed E-state index contributed by atoms with van der Waals surface area (Å²) in [5.41, 5.74) is 1.06. The van der Waals surface area contributed by atoms with Crippen LogP contribution in [0.3, 0.4) is 0 Å². The van der Waals surface area contributed by atoms with Gasteiger partial charge in [-0.1, -0.05) is 13.3 Å². The first kappa shape index (κ1) is 13.7. The van der Waals surface area contributed by atoms with Crippen LogP contribution in [-0.4, -0.2) is 32.1 Å². The average molecular weight is 262 g/mol. The fourth-order valence-corrected chi connectivity index (χ4v) is 1.96. The summed E-state index contributed by atoms with van der Waals surface area (Å²) in [6, 6.07) is 6.00. The molecule has 0 aromatic heterocycles. The van der Waals surface area contributed by atoms with Crippen molar-refractivity contribution in [2.24, 2.45) is 4.99 Å². The quantitative estimate of drug-likeness (QED) is 0.768. The Kier molecular flexibility index (Phi) is 5.07. The first-order chi connectivity index (χ1) is 9.35. The second-order valence-electron chi connectivity index (χ2n) is 4.45. The standard InChI is InChI=1S/C15H22N2O2/c1-3-5-10-19-13-7-6-12(11-14(13)18-4-2)15-16-8-9-17-15/h6-7,11H,3-5,8-10H2,1-2H3,(H,16,17). The lowest BCUT2D eigenvalue weighted by Gasteiger charge is -2.13. The van der Waals surface area contributed by atoms with E-state index in [2.05, 4.69) is 17.2 Å². The maximum atomic E-state index is 5.76. The van der Waals surface area contributed by atoms with Crippen LogP contribution >= 0.6 is 0 Å². The molecule has 1 aromatic rings. The largest absolute Gasteiger partial charge is 0.490 e. The lowest BCUT2D eigenvalue weighted by atomic mass is 10.2. The summed E-state index contributed by atoms with van der Waals surface area (Å²) in [6.45, 7) is 7.25. The highest BCUT2D eigenvalue weighted by molar-refractivity contribution is 6.00. The highest BCUT2D eigenvalue weighted by Crippen LogP contribution is 2.29. The summed E-state index contributed by atoms with van der Waals surface area (Å²) in [5, 5.41) is 3.27. The molecule has 0 amide bonds. The Bertz CT molecular complexity index is 444. The van der Waals surface area contributed by atoms with Gasteiger partial charge in [-0.2, -0.15) is 0 Å².